The molecule has 0 spiro atoms. The van der Waals surface area contributed by atoms with Crippen LogP contribution in [-0.2, 0) is 0 Å². The van der Waals surface area contributed by atoms with E-state index < -0.39 is 0 Å². The highest BCUT2D eigenvalue weighted by Gasteiger charge is 2.26. The van der Waals surface area contributed by atoms with Crippen molar-refractivity contribution >= 4 is 34.2 Å². The summed E-state index contributed by atoms with van der Waals surface area (Å²) in [5, 5.41) is 2.57. The molecule has 23 heavy (non-hydrogen) atoms. The van der Waals surface area contributed by atoms with Gasteiger partial charge in [0.05, 0.1) is 11.2 Å². The Labute approximate surface area is 138 Å². The maximum Gasteiger partial charge on any atom is 0.184 e. The van der Waals surface area contributed by atoms with Crippen molar-refractivity contribution in [3.05, 3.63) is 65.1 Å². The zero-order chi connectivity index (χ0) is 15.4. The third-order valence-corrected chi connectivity index (χ3v) is 4.92. The van der Waals surface area contributed by atoms with E-state index in [0.717, 1.165) is 22.8 Å². The fraction of sp³-hybridized carbons (Fsp3) is 0.158. The summed E-state index contributed by atoms with van der Waals surface area (Å²) in [6.07, 6.45) is 4.41. The molecule has 1 fully saturated rings. The SMILES string of the molecule is S=c1[nH]c2cccnc2n1-c1ccc(C2CC2)c2ccccc12. The van der Waals surface area contributed by atoms with E-state index in [-0.39, 0.29) is 0 Å². The van der Waals surface area contributed by atoms with E-state index in [1.807, 2.05) is 22.9 Å². The number of hydrogen-bond donors (Lipinski definition) is 1. The van der Waals surface area contributed by atoms with Gasteiger partial charge >= 0.3 is 0 Å². The van der Waals surface area contributed by atoms with Crippen molar-refractivity contribution in [3.8, 4) is 5.69 Å². The molecule has 2 heterocycles. The van der Waals surface area contributed by atoms with Gasteiger partial charge in [-0.1, -0.05) is 30.3 Å². The standard InChI is InChI=1S/C19H15N3S/c23-19-21-16-6-3-11-20-18(16)22(19)17-10-9-13(12-7-8-12)14-4-1-2-5-15(14)17/h1-6,9-12H,7-8H2,(H,21,23). The van der Waals surface area contributed by atoms with Crippen molar-refractivity contribution < 1.29 is 0 Å². The summed E-state index contributed by atoms with van der Waals surface area (Å²) in [5.74, 6) is 0.725. The molecule has 112 valence electrons. The maximum absolute atomic E-state index is 5.56. The second kappa shape index (κ2) is 4.77. The van der Waals surface area contributed by atoms with Gasteiger partial charge in [-0.25, -0.2) is 4.98 Å². The lowest BCUT2D eigenvalue weighted by molar-refractivity contribution is 1.05. The Morgan fingerprint density at radius 2 is 1.83 bits per heavy atom. The first-order valence-corrected chi connectivity index (χ1v) is 8.31. The summed E-state index contributed by atoms with van der Waals surface area (Å²) < 4.78 is 2.73. The lowest BCUT2D eigenvalue weighted by Crippen LogP contribution is -1.98. The predicted molar refractivity (Wildman–Crippen MR) is 95.7 cm³/mol. The van der Waals surface area contributed by atoms with Crippen LogP contribution in [0.2, 0.25) is 0 Å². The third-order valence-electron chi connectivity index (χ3n) is 4.64. The van der Waals surface area contributed by atoms with Crippen LogP contribution in [0.25, 0.3) is 27.6 Å². The van der Waals surface area contributed by atoms with Crippen LogP contribution in [0.5, 0.6) is 0 Å². The zero-order valence-electron chi connectivity index (χ0n) is 12.5. The number of pyridine rings is 1. The molecular weight excluding hydrogens is 302 g/mol. The molecule has 0 bridgehead atoms. The number of rotatable bonds is 2. The maximum atomic E-state index is 5.56. The van der Waals surface area contributed by atoms with Gasteiger partial charge in [0.1, 0.15) is 0 Å². The molecule has 2 aromatic carbocycles. The van der Waals surface area contributed by atoms with Gasteiger partial charge in [0.15, 0.2) is 10.4 Å². The van der Waals surface area contributed by atoms with Crippen molar-refractivity contribution in [2.75, 3.05) is 0 Å². The molecule has 1 aliphatic rings. The Balaban J connectivity index is 1.88. The minimum atomic E-state index is 0.683. The van der Waals surface area contributed by atoms with Gasteiger partial charge in [0.2, 0.25) is 0 Å². The van der Waals surface area contributed by atoms with E-state index >= 15 is 0 Å². The zero-order valence-corrected chi connectivity index (χ0v) is 13.3. The quantitative estimate of drug-likeness (QED) is 0.521. The lowest BCUT2D eigenvalue weighted by atomic mass is 9.99. The molecule has 2 aromatic heterocycles. The molecule has 5 rings (SSSR count). The van der Waals surface area contributed by atoms with E-state index in [2.05, 4.69) is 46.4 Å². The molecule has 0 amide bonds. The first-order chi connectivity index (χ1) is 11.3. The van der Waals surface area contributed by atoms with Gasteiger partial charge in [-0.15, -0.1) is 0 Å². The summed E-state index contributed by atoms with van der Waals surface area (Å²) >= 11 is 5.56. The molecule has 0 saturated heterocycles. The average Bonchev–Trinajstić information content (AvgIpc) is 3.36. The molecule has 0 radical (unpaired) electrons. The fourth-order valence-electron chi connectivity index (χ4n) is 3.42. The van der Waals surface area contributed by atoms with Gasteiger partial charge in [0, 0.05) is 11.6 Å². The summed E-state index contributed by atoms with van der Waals surface area (Å²) in [4.78, 5) is 7.78. The van der Waals surface area contributed by atoms with Crippen molar-refractivity contribution in [2.45, 2.75) is 18.8 Å². The molecule has 1 N–H and O–H groups in total. The Kier molecular flexibility index (Phi) is 2.70. The van der Waals surface area contributed by atoms with Crippen LogP contribution in [0.15, 0.2) is 54.7 Å². The topological polar surface area (TPSA) is 33.6 Å². The van der Waals surface area contributed by atoms with Gasteiger partial charge in [-0.05, 0) is 60.1 Å². The molecular formula is C19H15N3S. The highest BCUT2D eigenvalue weighted by molar-refractivity contribution is 7.71. The average molecular weight is 317 g/mol. The molecule has 4 aromatic rings. The molecule has 0 unspecified atom stereocenters. The van der Waals surface area contributed by atoms with E-state index in [4.69, 9.17) is 12.2 Å². The van der Waals surface area contributed by atoms with Crippen molar-refractivity contribution in [1.82, 2.24) is 14.5 Å². The number of hydrogen-bond acceptors (Lipinski definition) is 2. The number of aromatic nitrogens is 3. The van der Waals surface area contributed by atoms with E-state index in [0.29, 0.717) is 4.77 Å². The molecule has 0 atom stereocenters. The van der Waals surface area contributed by atoms with Crippen LogP contribution in [0.1, 0.15) is 24.3 Å². The number of fused-ring (bicyclic) bond motifs is 2. The van der Waals surface area contributed by atoms with Crippen molar-refractivity contribution in [2.24, 2.45) is 0 Å². The van der Waals surface area contributed by atoms with Gasteiger partial charge in [0.25, 0.3) is 0 Å². The minimum Gasteiger partial charge on any atom is -0.329 e. The van der Waals surface area contributed by atoms with Crippen LogP contribution in [0, 0.1) is 4.77 Å². The van der Waals surface area contributed by atoms with Crippen LogP contribution < -0.4 is 0 Å². The molecule has 1 aliphatic carbocycles. The van der Waals surface area contributed by atoms with Gasteiger partial charge < -0.3 is 4.98 Å². The Hall–Kier alpha value is -2.46. The normalized spacial score (nSPS) is 14.6. The first kappa shape index (κ1) is 13.0. The number of nitrogens with zero attached hydrogens (tertiary/aromatic N) is 2. The molecule has 0 aliphatic heterocycles. The fourth-order valence-corrected chi connectivity index (χ4v) is 3.71. The number of H-pyrrole nitrogens is 1. The molecule has 3 nitrogen and oxygen atoms in total. The van der Waals surface area contributed by atoms with E-state index in [1.165, 1.54) is 29.2 Å². The van der Waals surface area contributed by atoms with Crippen LogP contribution in [-0.4, -0.2) is 14.5 Å². The van der Waals surface area contributed by atoms with E-state index in [1.54, 1.807) is 0 Å². The number of imidazole rings is 1. The summed E-state index contributed by atoms with van der Waals surface area (Å²) in [7, 11) is 0. The number of benzene rings is 2. The summed E-state index contributed by atoms with van der Waals surface area (Å²) in [5.41, 5.74) is 4.40. The highest BCUT2D eigenvalue weighted by atomic mass is 32.1. The Bertz CT molecular complexity index is 1100. The van der Waals surface area contributed by atoms with Gasteiger partial charge in [-0.2, -0.15) is 0 Å². The Morgan fingerprint density at radius 3 is 2.65 bits per heavy atom. The van der Waals surface area contributed by atoms with Crippen LogP contribution >= 0.6 is 12.2 Å². The van der Waals surface area contributed by atoms with E-state index in [9.17, 15) is 0 Å². The van der Waals surface area contributed by atoms with Crippen LogP contribution in [0.4, 0.5) is 0 Å². The monoisotopic (exact) mass is 317 g/mol. The minimum absolute atomic E-state index is 0.683. The lowest BCUT2D eigenvalue weighted by Gasteiger charge is -2.12. The van der Waals surface area contributed by atoms with Crippen LogP contribution in [0.3, 0.4) is 0 Å². The largest absolute Gasteiger partial charge is 0.329 e. The smallest absolute Gasteiger partial charge is 0.184 e. The van der Waals surface area contributed by atoms with Crippen molar-refractivity contribution in [1.29, 1.82) is 0 Å². The first-order valence-electron chi connectivity index (χ1n) is 7.91. The summed E-state index contributed by atoms with van der Waals surface area (Å²) in [6, 6.07) is 17.0. The third kappa shape index (κ3) is 1.95. The number of nitrogens with one attached hydrogen (secondary N) is 1. The predicted octanol–water partition coefficient (Wildman–Crippen LogP) is 5.11. The Morgan fingerprint density at radius 1 is 1.00 bits per heavy atom. The molecule has 4 heteroatoms. The summed E-state index contributed by atoms with van der Waals surface area (Å²) in [6.45, 7) is 0. The van der Waals surface area contributed by atoms with Gasteiger partial charge in [-0.3, -0.25) is 4.57 Å². The van der Waals surface area contributed by atoms with Crippen molar-refractivity contribution in [3.63, 3.8) is 0 Å². The second-order valence-electron chi connectivity index (χ2n) is 6.13. The number of aromatic amines is 1. The highest BCUT2D eigenvalue weighted by Crippen LogP contribution is 2.44. The molecule has 1 saturated carbocycles. The second-order valence-corrected chi connectivity index (χ2v) is 6.52.